The highest BCUT2D eigenvalue weighted by atomic mass is 16.3. The average molecular weight is 231 g/mol. The lowest BCUT2D eigenvalue weighted by Crippen LogP contribution is -2.41. The molecule has 0 rings (SSSR count). The predicted molar refractivity (Wildman–Crippen MR) is 61.0 cm³/mol. The number of imide groups is 1. The zero-order valence-electron chi connectivity index (χ0n) is 10.3. The lowest BCUT2D eigenvalue weighted by atomic mass is 10.1. The monoisotopic (exact) mass is 231 g/mol. The van der Waals surface area contributed by atoms with E-state index in [1.54, 1.807) is 13.8 Å². The zero-order valence-corrected chi connectivity index (χ0v) is 10.3. The van der Waals surface area contributed by atoms with Gasteiger partial charge < -0.3 is 15.3 Å². The maximum atomic E-state index is 11.2. The molecule has 16 heavy (non-hydrogen) atoms. The van der Waals surface area contributed by atoms with Crippen LogP contribution in [0, 0.1) is 0 Å². The maximum absolute atomic E-state index is 11.2. The highest BCUT2D eigenvalue weighted by molar-refractivity contribution is 5.94. The molecule has 0 bridgehead atoms. The minimum absolute atomic E-state index is 0.222. The number of carbonyl (C=O) groups excluding carboxylic acids is 2. The average Bonchev–Trinajstić information content (AvgIpc) is 2.12. The molecule has 0 aliphatic rings. The Morgan fingerprint density at radius 2 is 1.94 bits per heavy atom. The van der Waals surface area contributed by atoms with Crippen molar-refractivity contribution in [1.29, 1.82) is 0 Å². The molecule has 0 heterocycles. The number of aliphatic hydroxyl groups is 1. The van der Waals surface area contributed by atoms with Crippen LogP contribution >= 0.6 is 0 Å². The van der Waals surface area contributed by atoms with E-state index in [0.29, 0.717) is 13.1 Å². The quantitative estimate of drug-likeness (QED) is 0.598. The van der Waals surface area contributed by atoms with Gasteiger partial charge in [0.1, 0.15) is 0 Å². The number of rotatable bonds is 5. The van der Waals surface area contributed by atoms with Gasteiger partial charge in [-0.15, -0.1) is 0 Å². The molecule has 0 radical (unpaired) electrons. The SMILES string of the molecule is CNC(=O)NC(=O)CCN(C)CC(C)(C)O. The molecule has 0 unspecified atom stereocenters. The number of urea groups is 1. The van der Waals surface area contributed by atoms with Crippen molar-refractivity contribution < 1.29 is 14.7 Å². The fourth-order valence-corrected chi connectivity index (χ4v) is 1.28. The molecular formula is C10H21N3O3. The Kier molecular flexibility index (Phi) is 5.98. The van der Waals surface area contributed by atoms with Crippen molar-refractivity contribution in [3.8, 4) is 0 Å². The largest absolute Gasteiger partial charge is 0.389 e. The molecule has 0 saturated carbocycles. The number of hydrogen-bond acceptors (Lipinski definition) is 4. The van der Waals surface area contributed by atoms with Gasteiger partial charge in [-0.3, -0.25) is 10.1 Å². The summed E-state index contributed by atoms with van der Waals surface area (Å²) in [5.74, 6) is -0.332. The summed E-state index contributed by atoms with van der Waals surface area (Å²) < 4.78 is 0. The van der Waals surface area contributed by atoms with E-state index in [-0.39, 0.29) is 12.3 Å². The van der Waals surface area contributed by atoms with Crippen LogP contribution in [0.2, 0.25) is 0 Å². The molecule has 0 aliphatic heterocycles. The smallest absolute Gasteiger partial charge is 0.321 e. The minimum Gasteiger partial charge on any atom is -0.389 e. The number of nitrogens with one attached hydrogen (secondary N) is 2. The van der Waals surface area contributed by atoms with Gasteiger partial charge in [-0.1, -0.05) is 0 Å². The summed E-state index contributed by atoms with van der Waals surface area (Å²) in [7, 11) is 3.26. The standard InChI is InChI=1S/C10H21N3O3/c1-10(2,16)7-13(4)6-5-8(14)12-9(15)11-3/h16H,5-7H2,1-4H3,(H2,11,12,14,15). The topological polar surface area (TPSA) is 81.7 Å². The Balaban J connectivity index is 3.79. The van der Waals surface area contributed by atoms with Crippen LogP contribution in [-0.2, 0) is 4.79 Å². The third-order valence-electron chi connectivity index (χ3n) is 1.86. The Hall–Kier alpha value is -1.14. The molecule has 0 fully saturated rings. The number of likely N-dealkylation sites (N-methyl/N-ethyl adjacent to an activating group) is 1. The summed E-state index contributed by atoms with van der Waals surface area (Å²) in [4.78, 5) is 23.9. The molecule has 94 valence electrons. The number of hydrogen-bond donors (Lipinski definition) is 3. The second kappa shape index (κ2) is 6.44. The molecule has 0 aromatic rings. The fraction of sp³-hybridized carbons (Fsp3) is 0.800. The summed E-state index contributed by atoms with van der Waals surface area (Å²) >= 11 is 0. The first-order chi connectivity index (χ1) is 7.24. The van der Waals surface area contributed by atoms with Crippen molar-refractivity contribution in [2.45, 2.75) is 25.9 Å². The zero-order chi connectivity index (χ0) is 12.8. The number of carbonyl (C=O) groups is 2. The van der Waals surface area contributed by atoms with E-state index in [9.17, 15) is 14.7 Å². The Morgan fingerprint density at radius 1 is 1.38 bits per heavy atom. The van der Waals surface area contributed by atoms with E-state index in [1.165, 1.54) is 7.05 Å². The molecule has 3 amide bonds. The van der Waals surface area contributed by atoms with Crippen LogP contribution in [0.5, 0.6) is 0 Å². The van der Waals surface area contributed by atoms with Crippen molar-refractivity contribution >= 4 is 11.9 Å². The maximum Gasteiger partial charge on any atom is 0.321 e. The van der Waals surface area contributed by atoms with E-state index in [1.807, 2.05) is 11.9 Å². The second-order valence-corrected chi connectivity index (χ2v) is 4.43. The normalized spacial score (nSPS) is 11.4. The first kappa shape index (κ1) is 14.9. The second-order valence-electron chi connectivity index (χ2n) is 4.43. The van der Waals surface area contributed by atoms with Crippen LogP contribution in [0.3, 0.4) is 0 Å². The van der Waals surface area contributed by atoms with E-state index >= 15 is 0 Å². The lowest BCUT2D eigenvalue weighted by molar-refractivity contribution is -0.120. The summed E-state index contributed by atoms with van der Waals surface area (Å²) in [6.45, 7) is 4.37. The van der Waals surface area contributed by atoms with Gasteiger partial charge in [0, 0.05) is 26.6 Å². The molecule has 0 atom stereocenters. The number of nitrogens with zero attached hydrogens (tertiary/aromatic N) is 1. The van der Waals surface area contributed by atoms with E-state index in [2.05, 4.69) is 10.6 Å². The van der Waals surface area contributed by atoms with E-state index in [4.69, 9.17) is 0 Å². The molecule has 0 aromatic carbocycles. The van der Waals surface area contributed by atoms with Crippen molar-refractivity contribution in [3.63, 3.8) is 0 Å². The summed E-state index contributed by atoms with van der Waals surface area (Å²) in [6, 6.07) is -0.504. The molecule has 0 aliphatic carbocycles. The van der Waals surface area contributed by atoms with E-state index in [0.717, 1.165) is 0 Å². The first-order valence-corrected chi connectivity index (χ1v) is 5.17. The van der Waals surface area contributed by atoms with Gasteiger partial charge in [-0.2, -0.15) is 0 Å². The fourth-order valence-electron chi connectivity index (χ4n) is 1.28. The molecule has 6 nitrogen and oxygen atoms in total. The highest BCUT2D eigenvalue weighted by Gasteiger charge is 2.16. The van der Waals surface area contributed by atoms with Crippen molar-refractivity contribution in [2.75, 3.05) is 27.2 Å². The first-order valence-electron chi connectivity index (χ1n) is 5.17. The Morgan fingerprint density at radius 3 is 2.38 bits per heavy atom. The van der Waals surface area contributed by atoms with Gasteiger partial charge in [-0.25, -0.2) is 4.79 Å². The van der Waals surface area contributed by atoms with Crippen LogP contribution in [0.1, 0.15) is 20.3 Å². The molecule has 6 heteroatoms. The van der Waals surface area contributed by atoms with Gasteiger partial charge in [0.05, 0.1) is 5.60 Å². The van der Waals surface area contributed by atoms with Crippen LogP contribution in [0.4, 0.5) is 4.79 Å². The minimum atomic E-state index is -0.786. The Labute approximate surface area is 96.0 Å². The third-order valence-corrected chi connectivity index (χ3v) is 1.86. The van der Waals surface area contributed by atoms with Crippen molar-refractivity contribution in [1.82, 2.24) is 15.5 Å². The number of amides is 3. The van der Waals surface area contributed by atoms with Crippen LogP contribution < -0.4 is 10.6 Å². The Bertz CT molecular complexity index is 248. The van der Waals surface area contributed by atoms with Gasteiger partial charge in [0.15, 0.2) is 0 Å². The van der Waals surface area contributed by atoms with Gasteiger partial charge in [0.25, 0.3) is 0 Å². The molecule has 3 N–H and O–H groups in total. The summed E-state index contributed by atoms with van der Waals surface area (Å²) in [6.07, 6.45) is 0.222. The van der Waals surface area contributed by atoms with Crippen LogP contribution in [-0.4, -0.2) is 54.7 Å². The van der Waals surface area contributed by atoms with E-state index < -0.39 is 11.6 Å². The summed E-state index contributed by atoms with van der Waals surface area (Å²) in [5, 5.41) is 14.0. The third kappa shape index (κ3) is 8.19. The highest BCUT2D eigenvalue weighted by Crippen LogP contribution is 2.03. The van der Waals surface area contributed by atoms with Gasteiger partial charge >= 0.3 is 6.03 Å². The molecule has 0 saturated heterocycles. The molecule has 0 spiro atoms. The lowest BCUT2D eigenvalue weighted by Gasteiger charge is -2.25. The molecule has 0 aromatic heterocycles. The van der Waals surface area contributed by atoms with Crippen LogP contribution in [0.15, 0.2) is 0 Å². The van der Waals surface area contributed by atoms with Crippen LogP contribution in [0.25, 0.3) is 0 Å². The van der Waals surface area contributed by atoms with Gasteiger partial charge in [-0.05, 0) is 20.9 Å². The van der Waals surface area contributed by atoms with Crippen molar-refractivity contribution in [3.05, 3.63) is 0 Å². The van der Waals surface area contributed by atoms with Gasteiger partial charge in [0.2, 0.25) is 5.91 Å². The molecular weight excluding hydrogens is 210 g/mol. The predicted octanol–water partition coefficient (Wildman–Crippen LogP) is -0.465. The van der Waals surface area contributed by atoms with Crippen molar-refractivity contribution in [2.24, 2.45) is 0 Å². The summed E-state index contributed by atoms with van der Waals surface area (Å²) in [5.41, 5.74) is -0.786.